The molecule has 0 fully saturated rings. The van der Waals surface area contributed by atoms with E-state index in [0.29, 0.717) is 33.7 Å². The van der Waals surface area contributed by atoms with Crippen LogP contribution in [0, 0.1) is 13.8 Å². The molecule has 1 aromatic heterocycles. The minimum atomic E-state index is -0.408. The number of aryl methyl sites for hydroxylation is 2. The molecule has 0 aliphatic rings. The van der Waals surface area contributed by atoms with Gasteiger partial charge in [-0.15, -0.1) is 0 Å². The summed E-state index contributed by atoms with van der Waals surface area (Å²) in [6.45, 7) is 3.78. The van der Waals surface area contributed by atoms with Gasteiger partial charge in [-0.2, -0.15) is 0 Å². The standard InChI is InChI=1S/C28H26N2O5/c1-17-5-6-19(13-18(17)2)27(32)24-15-30(25-12-11-22(35-4)14-23(25)28(24)33)16-26(31)29-20-7-9-21(34-3)10-8-20/h5-15H,16H2,1-4H3,(H,29,31). The second-order valence-corrected chi connectivity index (χ2v) is 8.29. The van der Waals surface area contributed by atoms with Crippen molar-refractivity contribution in [1.82, 2.24) is 4.57 Å². The summed E-state index contributed by atoms with van der Waals surface area (Å²) in [5.41, 5.74) is 3.14. The summed E-state index contributed by atoms with van der Waals surface area (Å²) in [6, 6.07) is 17.3. The Morgan fingerprint density at radius 1 is 0.857 bits per heavy atom. The topological polar surface area (TPSA) is 86.6 Å². The molecule has 7 nitrogen and oxygen atoms in total. The van der Waals surface area contributed by atoms with E-state index in [9.17, 15) is 14.4 Å². The van der Waals surface area contributed by atoms with Crippen molar-refractivity contribution >= 4 is 28.3 Å². The lowest BCUT2D eigenvalue weighted by molar-refractivity contribution is -0.116. The summed E-state index contributed by atoms with van der Waals surface area (Å²) < 4.78 is 12.0. The normalized spacial score (nSPS) is 10.7. The Hall–Kier alpha value is -4.39. The monoisotopic (exact) mass is 470 g/mol. The fraction of sp³-hybridized carbons (Fsp3) is 0.179. The lowest BCUT2D eigenvalue weighted by Crippen LogP contribution is -2.24. The minimum Gasteiger partial charge on any atom is -0.497 e. The number of aromatic nitrogens is 1. The number of anilines is 1. The van der Waals surface area contributed by atoms with Gasteiger partial charge in [0, 0.05) is 17.4 Å². The molecule has 0 saturated carbocycles. The number of methoxy groups -OCH3 is 2. The van der Waals surface area contributed by atoms with Crippen molar-refractivity contribution in [1.29, 1.82) is 0 Å². The number of nitrogens with one attached hydrogen (secondary N) is 1. The van der Waals surface area contributed by atoms with Gasteiger partial charge in [-0.25, -0.2) is 0 Å². The minimum absolute atomic E-state index is 0.00810. The zero-order chi connectivity index (χ0) is 25.1. The quantitative estimate of drug-likeness (QED) is 0.402. The lowest BCUT2D eigenvalue weighted by atomic mass is 9.98. The van der Waals surface area contributed by atoms with Gasteiger partial charge in [0.15, 0.2) is 5.78 Å². The molecule has 7 heteroatoms. The van der Waals surface area contributed by atoms with Gasteiger partial charge < -0.3 is 19.4 Å². The number of ether oxygens (including phenoxy) is 2. The van der Waals surface area contributed by atoms with Crippen LogP contribution in [0.2, 0.25) is 0 Å². The third-order valence-electron chi connectivity index (χ3n) is 5.99. The lowest BCUT2D eigenvalue weighted by Gasteiger charge is -2.14. The third kappa shape index (κ3) is 4.94. The molecule has 0 radical (unpaired) electrons. The first-order chi connectivity index (χ1) is 16.8. The molecule has 0 aliphatic carbocycles. The molecule has 35 heavy (non-hydrogen) atoms. The molecule has 0 aliphatic heterocycles. The van der Waals surface area contributed by atoms with Gasteiger partial charge in [-0.05, 0) is 73.5 Å². The van der Waals surface area contributed by atoms with Crippen molar-refractivity contribution in [3.63, 3.8) is 0 Å². The molecule has 0 atom stereocenters. The van der Waals surface area contributed by atoms with Gasteiger partial charge in [0.05, 0.1) is 30.7 Å². The molecule has 0 unspecified atom stereocenters. The highest BCUT2D eigenvalue weighted by molar-refractivity contribution is 6.10. The molecule has 1 heterocycles. The Balaban J connectivity index is 1.75. The second kappa shape index (κ2) is 9.85. The average molecular weight is 471 g/mol. The van der Waals surface area contributed by atoms with Crippen LogP contribution in [0.25, 0.3) is 10.9 Å². The number of ketones is 1. The van der Waals surface area contributed by atoms with Crippen LogP contribution in [0.5, 0.6) is 11.5 Å². The van der Waals surface area contributed by atoms with E-state index in [1.54, 1.807) is 66.3 Å². The molecule has 4 rings (SSSR count). The Kier molecular flexibility index (Phi) is 6.68. The molecular formula is C28H26N2O5. The summed E-state index contributed by atoms with van der Waals surface area (Å²) in [6.07, 6.45) is 1.46. The number of pyridine rings is 1. The first kappa shape index (κ1) is 23.8. The van der Waals surface area contributed by atoms with Crippen LogP contribution < -0.4 is 20.2 Å². The van der Waals surface area contributed by atoms with E-state index in [1.807, 2.05) is 19.9 Å². The van der Waals surface area contributed by atoms with E-state index >= 15 is 0 Å². The van der Waals surface area contributed by atoms with Crippen molar-refractivity contribution in [3.05, 3.63) is 99.3 Å². The maximum atomic E-state index is 13.4. The zero-order valence-electron chi connectivity index (χ0n) is 20.0. The van der Waals surface area contributed by atoms with Gasteiger partial charge in [0.2, 0.25) is 11.3 Å². The maximum absolute atomic E-state index is 13.4. The van der Waals surface area contributed by atoms with Gasteiger partial charge in [0.25, 0.3) is 0 Å². The second-order valence-electron chi connectivity index (χ2n) is 8.29. The van der Waals surface area contributed by atoms with Crippen molar-refractivity contribution in [2.75, 3.05) is 19.5 Å². The number of hydrogen-bond donors (Lipinski definition) is 1. The first-order valence-electron chi connectivity index (χ1n) is 11.1. The van der Waals surface area contributed by atoms with Gasteiger partial charge >= 0.3 is 0 Å². The average Bonchev–Trinajstić information content (AvgIpc) is 2.87. The largest absolute Gasteiger partial charge is 0.497 e. The van der Waals surface area contributed by atoms with Crippen molar-refractivity contribution < 1.29 is 19.1 Å². The van der Waals surface area contributed by atoms with Crippen LogP contribution >= 0.6 is 0 Å². The summed E-state index contributed by atoms with van der Waals surface area (Å²) >= 11 is 0. The van der Waals surface area contributed by atoms with E-state index in [2.05, 4.69) is 5.32 Å². The SMILES string of the molecule is COc1ccc(NC(=O)Cn2cc(C(=O)c3ccc(C)c(C)c3)c(=O)c3cc(OC)ccc32)cc1. The van der Waals surface area contributed by atoms with Crippen LogP contribution in [0.3, 0.4) is 0 Å². The molecule has 0 bridgehead atoms. The van der Waals surface area contributed by atoms with E-state index in [-0.39, 0.29) is 18.0 Å². The van der Waals surface area contributed by atoms with E-state index in [0.717, 1.165) is 11.1 Å². The summed E-state index contributed by atoms with van der Waals surface area (Å²) in [7, 11) is 3.08. The fourth-order valence-electron chi connectivity index (χ4n) is 3.86. The van der Waals surface area contributed by atoms with Crippen molar-refractivity contribution in [2.24, 2.45) is 0 Å². The van der Waals surface area contributed by atoms with E-state index in [4.69, 9.17) is 9.47 Å². The van der Waals surface area contributed by atoms with Gasteiger partial charge in [0.1, 0.15) is 18.0 Å². The smallest absolute Gasteiger partial charge is 0.244 e. The zero-order valence-corrected chi connectivity index (χ0v) is 20.0. The van der Waals surface area contributed by atoms with E-state index in [1.165, 1.54) is 13.3 Å². The number of nitrogens with zero attached hydrogens (tertiary/aromatic N) is 1. The molecule has 3 aromatic carbocycles. The van der Waals surface area contributed by atoms with Crippen LogP contribution in [-0.2, 0) is 11.3 Å². The van der Waals surface area contributed by atoms with Gasteiger partial charge in [-0.3, -0.25) is 14.4 Å². The predicted molar refractivity (Wildman–Crippen MR) is 136 cm³/mol. The number of fused-ring (bicyclic) bond motifs is 1. The Bertz CT molecular complexity index is 1490. The van der Waals surface area contributed by atoms with E-state index < -0.39 is 11.2 Å². The number of carbonyl (C=O) groups is 2. The predicted octanol–water partition coefficient (Wildman–Crippen LogP) is 4.51. The fourth-order valence-corrected chi connectivity index (χ4v) is 3.86. The van der Waals surface area contributed by atoms with Crippen molar-refractivity contribution in [2.45, 2.75) is 20.4 Å². The van der Waals surface area contributed by atoms with Crippen LogP contribution in [0.15, 0.2) is 71.7 Å². The number of hydrogen-bond acceptors (Lipinski definition) is 5. The molecule has 178 valence electrons. The summed E-state index contributed by atoms with van der Waals surface area (Å²) in [5.74, 6) is 0.463. The molecule has 4 aromatic rings. The molecule has 0 saturated heterocycles. The molecular weight excluding hydrogens is 444 g/mol. The number of benzene rings is 3. The number of carbonyl (C=O) groups excluding carboxylic acids is 2. The Labute approximate surface area is 202 Å². The Morgan fingerprint density at radius 2 is 1.54 bits per heavy atom. The van der Waals surface area contributed by atoms with Crippen LogP contribution in [0.4, 0.5) is 5.69 Å². The van der Waals surface area contributed by atoms with Crippen LogP contribution in [0.1, 0.15) is 27.0 Å². The van der Waals surface area contributed by atoms with Crippen LogP contribution in [-0.4, -0.2) is 30.5 Å². The highest BCUT2D eigenvalue weighted by atomic mass is 16.5. The molecule has 0 spiro atoms. The highest BCUT2D eigenvalue weighted by Crippen LogP contribution is 2.21. The number of rotatable bonds is 7. The Morgan fingerprint density at radius 3 is 2.20 bits per heavy atom. The number of amides is 1. The maximum Gasteiger partial charge on any atom is 0.244 e. The van der Waals surface area contributed by atoms with Gasteiger partial charge in [-0.1, -0.05) is 12.1 Å². The summed E-state index contributed by atoms with van der Waals surface area (Å²) in [5, 5.41) is 3.14. The molecule has 1 amide bonds. The third-order valence-corrected chi connectivity index (χ3v) is 5.99. The first-order valence-corrected chi connectivity index (χ1v) is 11.1. The summed E-state index contributed by atoms with van der Waals surface area (Å²) in [4.78, 5) is 39.6. The van der Waals surface area contributed by atoms with Crippen molar-refractivity contribution in [3.8, 4) is 11.5 Å². The highest BCUT2D eigenvalue weighted by Gasteiger charge is 2.19. The molecule has 1 N–H and O–H groups in total.